The zero-order chi connectivity index (χ0) is 24.3. The second-order valence-corrected chi connectivity index (χ2v) is 8.69. The van der Waals surface area contributed by atoms with E-state index in [1.165, 1.54) is 0 Å². The largest absolute Gasteiger partial charge is 0.496 e. The number of nitrogens with one attached hydrogen (secondary N) is 1. The maximum absolute atomic E-state index is 9.71. The van der Waals surface area contributed by atoms with E-state index in [-0.39, 0.29) is 12.2 Å². The molecule has 3 aromatic heterocycles. The molecule has 0 saturated carbocycles. The van der Waals surface area contributed by atoms with E-state index in [1.807, 2.05) is 51.4 Å². The summed E-state index contributed by atoms with van der Waals surface area (Å²) in [4.78, 5) is 13.8. The number of fused-ring (bicyclic) bond motifs is 1. The van der Waals surface area contributed by atoms with Crippen LogP contribution in [0.25, 0.3) is 22.0 Å². The van der Waals surface area contributed by atoms with Gasteiger partial charge >= 0.3 is 0 Å². The van der Waals surface area contributed by atoms with Crippen LogP contribution in [0.2, 0.25) is 0 Å². The number of aromatic nitrogens is 5. The van der Waals surface area contributed by atoms with Gasteiger partial charge in [-0.2, -0.15) is 5.10 Å². The third-order valence-corrected chi connectivity index (χ3v) is 5.94. The van der Waals surface area contributed by atoms with E-state index < -0.39 is 0 Å². The number of aliphatic hydroxyl groups is 1. The Balaban J connectivity index is 1.63. The van der Waals surface area contributed by atoms with Crippen molar-refractivity contribution < 1.29 is 14.6 Å². The van der Waals surface area contributed by atoms with E-state index in [0.717, 1.165) is 39.0 Å². The summed E-state index contributed by atoms with van der Waals surface area (Å²) < 4.78 is 12.8. The Bertz CT molecular complexity index is 1300. The van der Waals surface area contributed by atoms with Gasteiger partial charge in [0, 0.05) is 56.0 Å². The lowest BCUT2D eigenvalue weighted by molar-refractivity contribution is 0.0343. The maximum atomic E-state index is 9.71. The average Bonchev–Trinajstić information content (AvgIpc) is 3.23. The van der Waals surface area contributed by atoms with Crippen LogP contribution in [0.4, 0.5) is 5.82 Å². The van der Waals surface area contributed by atoms with E-state index >= 15 is 0 Å². The molecule has 0 saturated heterocycles. The van der Waals surface area contributed by atoms with E-state index in [0.29, 0.717) is 24.6 Å². The molecule has 0 fully saturated rings. The monoisotopic (exact) mass is 462 g/mol. The number of aryl methyl sites for hydroxylation is 1. The fourth-order valence-electron chi connectivity index (χ4n) is 3.70. The molecule has 178 valence electrons. The summed E-state index contributed by atoms with van der Waals surface area (Å²) in [5.74, 6) is 2.08. The van der Waals surface area contributed by atoms with Crippen LogP contribution in [-0.4, -0.2) is 56.2 Å². The first-order valence-corrected chi connectivity index (χ1v) is 11.0. The smallest absolute Gasteiger partial charge is 0.152 e. The first kappa shape index (κ1) is 23.6. The number of benzene rings is 1. The summed E-state index contributed by atoms with van der Waals surface area (Å²) in [7, 11) is 5.14. The summed E-state index contributed by atoms with van der Waals surface area (Å²) in [6.45, 7) is 4.52. The SMILES string of the molecule is COc1cc(-c2cnn(C)c2CO)ccc1Cc1ncc2ccnc(NCC(C)(C)OC)c2n1. The van der Waals surface area contributed by atoms with Gasteiger partial charge in [-0.1, -0.05) is 12.1 Å². The molecule has 0 aliphatic carbocycles. The van der Waals surface area contributed by atoms with Crippen LogP contribution >= 0.6 is 0 Å². The Kier molecular flexibility index (Phi) is 6.76. The zero-order valence-corrected chi connectivity index (χ0v) is 20.2. The molecule has 0 spiro atoms. The summed E-state index contributed by atoms with van der Waals surface area (Å²) in [5.41, 5.74) is 3.93. The molecular formula is C25H30N6O3. The van der Waals surface area contributed by atoms with E-state index in [9.17, 15) is 5.11 Å². The van der Waals surface area contributed by atoms with Crippen LogP contribution in [0.15, 0.2) is 42.9 Å². The van der Waals surface area contributed by atoms with Crippen molar-refractivity contribution >= 4 is 16.7 Å². The van der Waals surface area contributed by atoms with Gasteiger partial charge in [-0.15, -0.1) is 0 Å². The number of aliphatic hydroxyl groups excluding tert-OH is 1. The number of hydrogen-bond donors (Lipinski definition) is 2. The van der Waals surface area contributed by atoms with Gasteiger partial charge < -0.3 is 19.9 Å². The molecule has 0 bridgehead atoms. The Labute approximate surface area is 198 Å². The molecule has 2 N–H and O–H groups in total. The minimum atomic E-state index is -0.334. The minimum Gasteiger partial charge on any atom is -0.496 e. The van der Waals surface area contributed by atoms with Gasteiger partial charge in [0.15, 0.2) is 5.82 Å². The molecule has 3 heterocycles. The summed E-state index contributed by atoms with van der Waals surface area (Å²) in [6, 6.07) is 7.84. The maximum Gasteiger partial charge on any atom is 0.152 e. The molecule has 9 nitrogen and oxygen atoms in total. The fraction of sp³-hybridized carbons (Fsp3) is 0.360. The highest BCUT2D eigenvalue weighted by Crippen LogP contribution is 2.31. The molecule has 1 aromatic carbocycles. The number of rotatable bonds is 9. The van der Waals surface area contributed by atoms with Crippen molar-refractivity contribution in [2.45, 2.75) is 32.5 Å². The number of anilines is 1. The first-order chi connectivity index (χ1) is 16.3. The van der Waals surface area contributed by atoms with Crippen LogP contribution in [0.1, 0.15) is 30.9 Å². The van der Waals surface area contributed by atoms with Crippen molar-refractivity contribution in [1.29, 1.82) is 0 Å². The van der Waals surface area contributed by atoms with Crippen LogP contribution < -0.4 is 10.1 Å². The van der Waals surface area contributed by atoms with E-state index in [2.05, 4.69) is 20.4 Å². The molecule has 0 aliphatic heterocycles. The van der Waals surface area contributed by atoms with E-state index in [1.54, 1.807) is 31.3 Å². The topological polar surface area (TPSA) is 107 Å². The van der Waals surface area contributed by atoms with Crippen LogP contribution in [0.5, 0.6) is 5.75 Å². The van der Waals surface area contributed by atoms with Crippen molar-refractivity contribution in [3.8, 4) is 16.9 Å². The van der Waals surface area contributed by atoms with Crippen LogP contribution in [0.3, 0.4) is 0 Å². The van der Waals surface area contributed by atoms with Gasteiger partial charge in [0.05, 0.1) is 31.2 Å². The molecule has 0 radical (unpaired) electrons. The number of pyridine rings is 1. The fourth-order valence-corrected chi connectivity index (χ4v) is 3.70. The van der Waals surface area contributed by atoms with Crippen molar-refractivity contribution in [2.24, 2.45) is 7.05 Å². The van der Waals surface area contributed by atoms with Crippen molar-refractivity contribution in [3.05, 3.63) is 59.9 Å². The molecule has 9 heteroatoms. The first-order valence-electron chi connectivity index (χ1n) is 11.0. The average molecular weight is 463 g/mol. The Morgan fingerprint density at radius 2 is 1.94 bits per heavy atom. The third-order valence-electron chi connectivity index (χ3n) is 5.94. The Morgan fingerprint density at radius 3 is 2.68 bits per heavy atom. The number of ether oxygens (including phenoxy) is 2. The van der Waals surface area contributed by atoms with Gasteiger partial charge in [0.1, 0.15) is 17.1 Å². The predicted octanol–water partition coefficient (Wildman–Crippen LogP) is 3.35. The summed E-state index contributed by atoms with van der Waals surface area (Å²) in [5, 5.41) is 18.2. The molecule has 0 atom stereocenters. The van der Waals surface area contributed by atoms with Crippen LogP contribution in [-0.2, 0) is 24.8 Å². The van der Waals surface area contributed by atoms with Gasteiger partial charge in [-0.05, 0) is 31.5 Å². The number of nitrogens with zero attached hydrogens (tertiary/aromatic N) is 5. The zero-order valence-electron chi connectivity index (χ0n) is 20.2. The third kappa shape index (κ3) is 4.85. The second kappa shape index (κ2) is 9.74. The summed E-state index contributed by atoms with van der Waals surface area (Å²) in [6.07, 6.45) is 5.81. The molecule has 0 unspecified atom stereocenters. The molecule has 0 amide bonds. The van der Waals surface area contributed by atoms with Gasteiger partial charge in [-0.25, -0.2) is 15.0 Å². The highest BCUT2D eigenvalue weighted by Gasteiger charge is 2.18. The Morgan fingerprint density at radius 1 is 1.12 bits per heavy atom. The number of methoxy groups -OCH3 is 2. The standard InChI is InChI=1S/C25H30N6O3/c1-25(2,34-5)15-28-24-23-18(8-9-26-24)12-27-22(30-23)11-17-7-6-16(10-21(17)33-4)19-13-29-31(3)20(19)14-32/h6-10,12-13,32H,11,14-15H2,1-5H3,(H,26,28). The Hall–Kier alpha value is -3.56. The highest BCUT2D eigenvalue weighted by molar-refractivity contribution is 5.87. The lowest BCUT2D eigenvalue weighted by Crippen LogP contribution is -2.32. The summed E-state index contributed by atoms with van der Waals surface area (Å²) >= 11 is 0. The predicted molar refractivity (Wildman–Crippen MR) is 131 cm³/mol. The minimum absolute atomic E-state index is 0.0905. The molecule has 4 aromatic rings. The van der Waals surface area contributed by atoms with Crippen molar-refractivity contribution in [2.75, 3.05) is 26.1 Å². The highest BCUT2D eigenvalue weighted by atomic mass is 16.5. The van der Waals surface area contributed by atoms with Crippen molar-refractivity contribution in [3.63, 3.8) is 0 Å². The molecule has 34 heavy (non-hydrogen) atoms. The molecule has 0 aliphatic rings. The van der Waals surface area contributed by atoms with Gasteiger partial charge in [-0.3, -0.25) is 4.68 Å². The molecule has 4 rings (SSSR count). The van der Waals surface area contributed by atoms with E-state index in [4.69, 9.17) is 14.5 Å². The lowest BCUT2D eigenvalue weighted by Gasteiger charge is -2.23. The normalized spacial score (nSPS) is 11.7. The van der Waals surface area contributed by atoms with Crippen LogP contribution in [0, 0.1) is 0 Å². The van der Waals surface area contributed by atoms with Crippen molar-refractivity contribution in [1.82, 2.24) is 24.7 Å². The second-order valence-electron chi connectivity index (χ2n) is 8.69. The quantitative estimate of drug-likeness (QED) is 0.390. The lowest BCUT2D eigenvalue weighted by atomic mass is 10.0. The van der Waals surface area contributed by atoms with Gasteiger partial charge in [0.2, 0.25) is 0 Å². The van der Waals surface area contributed by atoms with Gasteiger partial charge in [0.25, 0.3) is 0 Å². The molecular weight excluding hydrogens is 432 g/mol. The number of hydrogen-bond acceptors (Lipinski definition) is 8.